The van der Waals surface area contributed by atoms with Crippen LogP contribution in [0.3, 0.4) is 0 Å². The molecule has 0 amide bonds. The average molecular weight is 268 g/mol. The largest absolute Gasteiger partial charge is 0.316 e. The molecule has 0 saturated heterocycles. The van der Waals surface area contributed by atoms with E-state index in [1.165, 1.54) is 57.8 Å². The Morgan fingerprint density at radius 1 is 1.00 bits per heavy atom. The van der Waals surface area contributed by atoms with Gasteiger partial charge in [0.15, 0.2) is 0 Å². The van der Waals surface area contributed by atoms with Crippen molar-refractivity contribution < 1.29 is 0 Å². The van der Waals surface area contributed by atoms with Crippen LogP contribution in [0.4, 0.5) is 0 Å². The summed E-state index contributed by atoms with van der Waals surface area (Å²) >= 11 is 0. The molecule has 0 aliphatic carbocycles. The molecule has 114 valence electrons. The first-order valence-corrected chi connectivity index (χ1v) is 8.53. The lowest BCUT2D eigenvalue weighted by Gasteiger charge is -2.06. The minimum atomic E-state index is 0.762. The highest BCUT2D eigenvalue weighted by Gasteiger charge is 1.94. The van der Waals surface area contributed by atoms with Crippen LogP contribution in [-0.2, 0) is 0 Å². The van der Waals surface area contributed by atoms with E-state index in [9.17, 15) is 0 Å². The van der Waals surface area contributed by atoms with Crippen LogP contribution in [-0.4, -0.2) is 13.1 Å². The van der Waals surface area contributed by atoms with Gasteiger partial charge in [0.25, 0.3) is 0 Å². The van der Waals surface area contributed by atoms with Crippen LogP contribution in [0.25, 0.3) is 0 Å². The molecule has 0 aliphatic rings. The minimum Gasteiger partial charge on any atom is -0.316 e. The van der Waals surface area contributed by atoms with Gasteiger partial charge >= 0.3 is 0 Å². The molecule has 0 aromatic heterocycles. The third-order valence-electron chi connectivity index (χ3n) is 3.54. The van der Waals surface area contributed by atoms with E-state index < -0.39 is 0 Å². The first-order valence-electron chi connectivity index (χ1n) is 8.53. The van der Waals surface area contributed by atoms with Crippen molar-refractivity contribution in [2.45, 2.75) is 85.5 Å². The molecule has 1 N–H and O–H groups in total. The van der Waals surface area contributed by atoms with Crippen molar-refractivity contribution in [1.29, 1.82) is 0 Å². The highest BCUT2D eigenvalue weighted by molar-refractivity contribution is 4.97. The molecule has 0 rings (SSSR count). The number of allylic oxidation sites excluding steroid dienone is 1. The predicted molar refractivity (Wildman–Crippen MR) is 88.7 cm³/mol. The predicted octanol–water partition coefficient (Wildman–Crippen LogP) is 5.71. The lowest BCUT2D eigenvalue weighted by atomic mass is 10.0. The fourth-order valence-electron chi connectivity index (χ4n) is 2.27. The van der Waals surface area contributed by atoms with E-state index in [1.807, 2.05) is 0 Å². The number of nitrogens with one attached hydrogen (secondary N) is 1. The molecular weight excluding hydrogens is 230 g/mol. The van der Waals surface area contributed by atoms with Gasteiger partial charge in [-0.15, -0.1) is 0 Å². The Labute approximate surface area is 122 Å². The fraction of sp³-hybridized carbons (Fsp3) is 0.889. The smallest absolute Gasteiger partial charge is 0.00141 e. The quantitative estimate of drug-likeness (QED) is 0.333. The molecule has 0 aromatic carbocycles. The van der Waals surface area contributed by atoms with Crippen molar-refractivity contribution in [1.82, 2.24) is 5.32 Å². The van der Waals surface area contributed by atoms with Crippen molar-refractivity contribution in [2.24, 2.45) is 5.92 Å². The summed E-state index contributed by atoms with van der Waals surface area (Å²) in [5.74, 6) is 0.762. The lowest BCUT2D eigenvalue weighted by Crippen LogP contribution is -2.20. The van der Waals surface area contributed by atoms with Crippen LogP contribution < -0.4 is 5.32 Å². The molecule has 1 heteroatoms. The van der Waals surface area contributed by atoms with Crippen LogP contribution in [0, 0.1) is 5.92 Å². The topological polar surface area (TPSA) is 12.0 Å². The van der Waals surface area contributed by atoms with E-state index in [0.717, 1.165) is 19.0 Å². The van der Waals surface area contributed by atoms with Gasteiger partial charge in [-0.2, -0.15) is 0 Å². The number of unbranched alkanes of at least 4 members (excludes halogenated alkanes) is 6. The maximum Gasteiger partial charge on any atom is -0.00141 e. The molecule has 0 unspecified atom stereocenters. The maximum absolute atomic E-state index is 3.49. The minimum absolute atomic E-state index is 0.762. The molecule has 0 fully saturated rings. The Morgan fingerprint density at radius 2 is 1.63 bits per heavy atom. The normalized spacial score (nSPS) is 12.4. The second-order valence-corrected chi connectivity index (χ2v) is 6.31. The average Bonchev–Trinajstić information content (AvgIpc) is 2.37. The van der Waals surface area contributed by atoms with Crippen LogP contribution in [0.15, 0.2) is 11.6 Å². The molecule has 0 aliphatic heterocycles. The van der Waals surface area contributed by atoms with Crippen molar-refractivity contribution >= 4 is 0 Å². The van der Waals surface area contributed by atoms with Gasteiger partial charge in [0.05, 0.1) is 0 Å². The molecule has 0 heterocycles. The Morgan fingerprint density at radius 3 is 2.26 bits per heavy atom. The summed E-state index contributed by atoms with van der Waals surface area (Å²) in [7, 11) is 0. The van der Waals surface area contributed by atoms with Gasteiger partial charge in [-0.25, -0.2) is 0 Å². The summed E-state index contributed by atoms with van der Waals surface area (Å²) in [5.41, 5.74) is 1.58. The first-order chi connectivity index (χ1) is 9.16. The molecule has 0 radical (unpaired) electrons. The Hall–Kier alpha value is -0.300. The van der Waals surface area contributed by atoms with Crippen molar-refractivity contribution in [3.05, 3.63) is 11.6 Å². The van der Waals surface area contributed by atoms with Gasteiger partial charge in [0.2, 0.25) is 0 Å². The van der Waals surface area contributed by atoms with Crippen LogP contribution >= 0.6 is 0 Å². The zero-order valence-corrected chi connectivity index (χ0v) is 13.9. The van der Waals surface area contributed by atoms with E-state index in [0.29, 0.717) is 0 Å². The summed E-state index contributed by atoms with van der Waals surface area (Å²) in [6, 6.07) is 0. The molecule has 0 atom stereocenters. The monoisotopic (exact) mass is 267 g/mol. The number of hydrogen-bond donors (Lipinski definition) is 1. The third-order valence-corrected chi connectivity index (χ3v) is 3.54. The van der Waals surface area contributed by atoms with Gasteiger partial charge < -0.3 is 5.32 Å². The molecule has 0 saturated carbocycles. The summed E-state index contributed by atoms with van der Waals surface area (Å²) in [5, 5.41) is 3.49. The van der Waals surface area contributed by atoms with E-state index in [1.54, 1.807) is 5.57 Å². The maximum atomic E-state index is 3.49. The molecule has 0 bridgehead atoms. The first kappa shape index (κ1) is 18.7. The SMILES string of the molecule is CCCCCCCCCC(C)=CCCNCC(C)C. The van der Waals surface area contributed by atoms with E-state index >= 15 is 0 Å². The van der Waals surface area contributed by atoms with Gasteiger partial charge in [-0.05, 0) is 45.2 Å². The molecule has 1 nitrogen and oxygen atoms in total. The second-order valence-electron chi connectivity index (χ2n) is 6.31. The van der Waals surface area contributed by atoms with Crippen LogP contribution in [0.5, 0.6) is 0 Å². The molecule has 19 heavy (non-hydrogen) atoms. The summed E-state index contributed by atoms with van der Waals surface area (Å²) in [6.07, 6.45) is 14.8. The third kappa shape index (κ3) is 15.6. The number of hydrogen-bond acceptors (Lipinski definition) is 1. The Kier molecular flexibility index (Phi) is 13.9. The zero-order valence-electron chi connectivity index (χ0n) is 13.9. The summed E-state index contributed by atoms with van der Waals surface area (Å²) < 4.78 is 0. The molecular formula is C18H37N. The summed E-state index contributed by atoms with van der Waals surface area (Å²) in [4.78, 5) is 0. The van der Waals surface area contributed by atoms with Gasteiger partial charge in [0, 0.05) is 0 Å². The van der Waals surface area contributed by atoms with Gasteiger partial charge in [-0.1, -0.05) is 70.9 Å². The highest BCUT2D eigenvalue weighted by Crippen LogP contribution is 2.12. The van der Waals surface area contributed by atoms with Crippen molar-refractivity contribution in [2.75, 3.05) is 13.1 Å². The summed E-state index contributed by atoms with van der Waals surface area (Å²) in [6.45, 7) is 11.4. The van der Waals surface area contributed by atoms with Crippen LogP contribution in [0.2, 0.25) is 0 Å². The lowest BCUT2D eigenvalue weighted by molar-refractivity contribution is 0.556. The fourth-order valence-corrected chi connectivity index (χ4v) is 2.27. The van der Waals surface area contributed by atoms with Gasteiger partial charge in [-0.3, -0.25) is 0 Å². The van der Waals surface area contributed by atoms with Crippen molar-refractivity contribution in [3.8, 4) is 0 Å². The molecule has 0 aromatic rings. The van der Waals surface area contributed by atoms with Gasteiger partial charge in [0.1, 0.15) is 0 Å². The van der Waals surface area contributed by atoms with E-state index in [2.05, 4.69) is 39.1 Å². The van der Waals surface area contributed by atoms with Crippen LogP contribution in [0.1, 0.15) is 85.5 Å². The Bertz CT molecular complexity index is 206. The standard InChI is InChI=1S/C18H37N/c1-5-6-7-8-9-10-11-13-18(4)14-12-15-19-16-17(2)3/h14,17,19H,5-13,15-16H2,1-4H3. The molecule has 0 spiro atoms. The Balaban J connectivity index is 3.30. The number of rotatable bonds is 13. The highest BCUT2D eigenvalue weighted by atomic mass is 14.8. The second kappa shape index (κ2) is 14.1. The zero-order chi connectivity index (χ0) is 14.3. The van der Waals surface area contributed by atoms with E-state index in [4.69, 9.17) is 0 Å². The van der Waals surface area contributed by atoms with Crippen molar-refractivity contribution in [3.63, 3.8) is 0 Å². The van der Waals surface area contributed by atoms with E-state index in [-0.39, 0.29) is 0 Å².